The standard InChI is InChI=1S/C21H24F2O/c1-3-9-24-18-8-7-15-12-17(6-5-16(15)13-18)21-19(22)10-14(4-2)11-20(21)23/h7-8,10-11,13,17H,3-6,9,12H2,1-2H3. The van der Waals surface area contributed by atoms with Crippen molar-refractivity contribution in [1.82, 2.24) is 0 Å². The Kier molecular flexibility index (Phi) is 5.17. The van der Waals surface area contributed by atoms with Crippen molar-refractivity contribution in [2.75, 3.05) is 6.61 Å². The van der Waals surface area contributed by atoms with E-state index in [1.54, 1.807) is 0 Å². The third-order valence-corrected chi connectivity index (χ3v) is 4.83. The van der Waals surface area contributed by atoms with E-state index in [9.17, 15) is 8.78 Å². The van der Waals surface area contributed by atoms with Crippen molar-refractivity contribution in [3.63, 3.8) is 0 Å². The summed E-state index contributed by atoms with van der Waals surface area (Å²) in [5.74, 6) is -0.00377. The summed E-state index contributed by atoms with van der Waals surface area (Å²) in [7, 11) is 0. The van der Waals surface area contributed by atoms with E-state index in [4.69, 9.17) is 4.74 Å². The first-order valence-electron chi connectivity index (χ1n) is 8.84. The van der Waals surface area contributed by atoms with Gasteiger partial charge in [-0.05, 0) is 79.0 Å². The summed E-state index contributed by atoms with van der Waals surface area (Å²) in [5, 5.41) is 0. The Morgan fingerprint density at radius 1 is 1.04 bits per heavy atom. The molecule has 0 aliphatic heterocycles. The lowest BCUT2D eigenvalue weighted by Gasteiger charge is -2.26. The van der Waals surface area contributed by atoms with Crippen LogP contribution in [0, 0.1) is 11.6 Å². The lowest BCUT2D eigenvalue weighted by Crippen LogP contribution is -2.16. The highest BCUT2D eigenvalue weighted by molar-refractivity contribution is 5.40. The van der Waals surface area contributed by atoms with Crippen molar-refractivity contribution >= 4 is 0 Å². The van der Waals surface area contributed by atoms with E-state index in [1.165, 1.54) is 23.3 Å². The molecule has 0 saturated carbocycles. The summed E-state index contributed by atoms with van der Waals surface area (Å²) in [6.45, 7) is 4.69. The van der Waals surface area contributed by atoms with Crippen LogP contribution in [0.15, 0.2) is 30.3 Å². The summed E-state index contributed by atoms with van der Waals surface area (Å²) in [6, 6.07) is 9.05. The first-order valence-corrected chi connectivity index (χ1v) is 8.84. The predicted octanol–water partition coefficient (Wildman–Crippen LogP) is 5.59. The summed E-state index contributed by atoms with van der Waals surface area (Å²) < 4.78 is 34.5. The Morgan fingerprint density at radius 2 is 1.79 bits per heavy atom. The third kappa shape index (κ3) is 3.45. The monoisotopic (exact) mass is 330 g/mol. The van der Waals surface area contributed by atoms with E-state index in [0.29, 0.717) is 25.0 Å². The van der Waals surface area contributed by atoms with E-state index in [0.717, 1.165) is 25.0 Å². The van der Waals surface area contributed by atoms with Gasteiger partial charge in [-0.1, -0.05) is 19.9 Å². The topological polar surface area (TPSA) is 9.23 Å². The van der Waals surface area contributed by atoms with Crippen molar-refractivity contribution in [3.8, 4) is 5.75 Å². The van der Waals surface area contributed by atoms with Crippen LogP contribution >= 0.6 is 0 Å². The molecule has 0 fully saturated rings. The Balaban J connectivity index is 1.83. The molecule has 0 spiro atoms. The molecule has 0 aromatic heterocycles. The maximum Gasteiger partial charge on any atom is 0.129 e. The van der Waals surface area contributed by atoms with Gasteiger partial charge in [-0.2, -0.15) is 0 Å². The minimum atomic E-state index is -0.400. The molecule has 0 radical (unpaired) electrons. The molecular formula is C21H24F2O. The lowest BCUT2D eigenvalue weighted by atomic mass is 9.79. The Hall–Kier alpha value is -1.90. The highest BCUT2D eigenvalue weighted by Crippen LogP contribution is 2.36. The van der Waals surface area contributed by atoms with Gasteiger partial charge in [0.2, 0.25) is 0 Å². The van der Waals surface area contributed by atoms with Gasteiger partial charge >= 0.3 is 0 Å². The number of ether oxygens (including phenoxy) is 1. The Bertz CT molecular complexity index is 701. The van der Waals surface area contributed by atoms with Gasteiger partial charge in [-0.3, -0.25) is 0 Å². The zero-order valence-corrected chi connectivity index (χ0v) is 14.4. The van der Waals surface area contributed by atoms with Gasteiger partial charge in [0.25, 0.3) is 0 Å². The van der Waals surface area contributed by atoms with Gasteiger partial charge in [-0.15, -0.1) is 0 Å². The molecule has 1 unspecified atom stereocenters. The molecule has 128 valence electrons. The van der Waals surface area contributed by atoms with Gasteiger partial charge in [0.05, 0.1) is 6.61 Å². The highest BCUT2D eigenvalue weighted by atomic mass is 19.1. The van der Waals surface area contributed by atoms with Crippen LogP contribution in [0.1, 0.15) is 54.9 Å². The minimum Gasteiger partial charge on any atom is -0.494 e. The molecule has 1 aliphatic rings. The van der Waals surface area contributed by atoms with Crippen LogP contribution in [0.3, 0.4) is 0 Å². The first-order chi connectivity index (χ1) is 11.6. The van der Waals surface area contributed by atoms with Crippen LogP contribution < -0.4 is 4.74 Å². The van der Waals surface area contributed by atoms with Crippen molar-refractivity contribution in [3.05, 3.63) is 64.2 Å². The van der Waals surface area contributed by atoms with Gasteiger partial charge < -0.3 is 4.74 Å². The SMILES string of the molecule is CCCOc1ccc2c(c1)CCC(c1c(F)cc(CC)cc1F)C2. The van der Waals surface area contributed by atoms with E-state index >= 15 is 0 Å². The molecule has 1 aliphatic carbocycles. The predicted molar refractivity (Wildman–Crippen MR) is 92.7 cm³/mol. The molecule has 0 saturated heterocycles. The normalized spacial score (nSPS) is 16.8. The van der Waals surface area contributed by atoms with Crippen molar-refractivity contribution < 1.29 is 13.5 Å². The molecule has 3 rings (SSSR count). The molecule has 1 atom stereocenters. The maximum atomic E-state index is 14.4. The number of hydrogen-bond donors (Lipinski definition) is 0. The van der Waals surface area contributed by atoms with Crippen LogP contribution in [0.2, 0.25) is 0 Å². The first kappa shape index (κ1) is 16.9. The number of aryl methyl sites for hydroxylation is 2. The largest absolute Gasteiger partial charge is 0.494 e. The lowest BCUT2D eigenvalue weighted by molar-refractivity contribution is 0.316. The average Bonchev–Trinajstić information content (AvgIpc) is 2.59. The van der Waals surface area contributed by atoms with E-state index in [-0.39, 0.29) is 11.5 Å². The van der Waals surface area contributed by atoms with Crippen molar-refractivity contribution in [2.45, 2.75) is 51.9 Å². The molecule has 0 bridgehead atoms. The second-order valence-electron chi connectivity index (χ2n) is 6.55. The smallest absolute Gasteiger partial charge is 0.129 e. The fourth-order valence-electron chi connectivity index (χ4n) is 3.52. The third-order valence-electron chi connectivity index (χ3n) is 4.83. The summed E-state index contributed by atoms with van der Waals surface area (Å²) in [4.78, 5) is 0. The maximum absolute atomic E-state index is 14.4. The van der Waals surface area contributed by atoms with Gasteiger partial charge in [-0.25, -0.2) is 8.78 Å². The fraction of sp³-hybridized carbons (Fsp3) is 0.429. The zero-order valence-electron chi connectivity index (χ0n) is 14.4. The van der Waals surface area contributed by atoms with Gasteiger partial charge in [0, 0.05) is 5.56 Å². The van der Waals surface area contributed by atoms with Crippen LogP contribution in [0.4, 0.5) is 8.78 Å². The van der Waals surface area contributed by atoms with Crippen LogP contribution in [-0.2, 0) is 19.3 Å². The number of fused-ring (bicyclic) bond motifs is 1. The number of rotatable bonds is 5. The molecule has 2 aromatic rings. The van der Waals surface area contributed by atoms with Crippen molar-refractivity contribution in [1.29, 1.82) is 0 Å². The van der Waals surface area contributed by atoms with E-state index < -0.39 is 11.6 Å². The van der Waals surface area contributed by atoms with Crippen LogP contribution in [-0.4, -0.2) is 6.61 Å². The van der Waals surface area contributed by atoms with Gasteiger partial charge in [0.1, 0.15) is 17.4 Å². The quantitative estimate of drug-likeness (QED) is 0.694. The molecular weight excluding hydrogens is 306 g/mol. The summed E-state index contributed by atoms with van der Waals surface area (Å²) in [6.07, 6.45) is 3.90. The molecule has 1 nitrogen and oxygen atoms in total. The molecule has 0 N–H and O–H groups in total. The second-order valence-corrected chi connectivity index (χ2v) is 6.55. The zero-order chi connectivity index (χ0) is 17.1. The molecule has 2 aromatic carbocycles. The molecule has 3 heteroatoms. The highest BCUT2D eigenvalue weighted by Gasteiger charge is 2.26. The van der Waals surface area contributed by atoms with Crippen molar-refractivity contribution in [2.24, 2.45) is 0 Å². The molecule has 0 heterocycles. The van der Waals surface area contributed by atoms with Gasteiger partial charge in [0.15, 0.2) is 0 Å². The summed E-state index contributed by atoms with van der Waals surface area (Å²) in [5.41, 5.74) is 3.38. The van der Waals surface area contributed by atoms with E-state index in [2.05, 4.69) is 13.0 Å². The fourth-order valence-corrected chi connectivity index (χ4v) is 3.52. The minimum absolute atomic E-state index is 0.0918. The van der Waals surface area contributed by atoms with Crippen LogP contribution in [0.5, 0.6) is 5.75 Å². The van der Waals surface area contributed by atoms with Crippen LogP contribution in [0.25, 0.3) is 0 Å². The number of benzene rings is 2. The number of halogens is 2. The Morgan fingerprint density at radius 3 is 2.46 bits per heavy atom. The molecule has 24 heavy (non-hydrogen) atoms. The Labute approximate surface area is 142 Å². The molecule has 0 amide bonds. The van der Waals surface area contributed by atoms with E-state index in [1.807, 2.05) is 19.1 Å². The average molecular weight is 330 g/mol. The second kappa shape index (κ2) is 7.33. The summed E-state index contributed by atoms with van der Waals surface area (Å²) >= 11 is 0. The number of hydrogen-bond acceptors (Lipinski definition) is 1.